The number of rotatable bonds is 5. The van der Waals surface area contributed by atoms with E-state index in [1.165, 1.54) is 12.1 Å². The van der Waals surface area contributed by atoms with E-state index in [4.69, 9.17) is 4.74 Å². The van der Waals surface area contributed by atoms with Crippen LogP contribution in [0.1, 0.15) is 66.7 Å². The second-order valence-electron chi connectivity index (χ2n) is 12.3. The van der Waals surface area contributed by atoms with Crippen molar-refractivity contribution in [3.63, 3.8) is 0 Å². The number of amides is 1. The maximum Gasteiger partial charge on any atom is 0.416 e. The molecule has 9 heteroatoms. The van der Waals surface area contributed by atoms with Gasteiger partial charge in [0.1, 0.15) is 0 Å². The van der Waals surface area contributed by atoms with Crippen molar-refractivity contribution in [3.8, 4) is 0 Å². The molecule has 2 aliphatic heterocycles. The highest BCUT2D eigenvalue weighted by atomic mass is 19.4. The van der Waals surface area contributed by atoms with Crippen LogP contribution in [0.3, 0.4) is 0 Å². The zero-order chi connectivity index (χ0) is 29.6. The average molecular weight is 581 g/mol. The molecule has 1 amide bonds. The number of ether oxygens (including phenoxy) is 1. The second kappa shape index (κ2) is 11.2. The summed E-state index contributed by atoms with van der Waals surface area (Å²) in [7, 11) is 0. The van der Waals surface area contributed by atoms with E-state index in [2.05, 4.69) is 28.6 Å². The Morgan fingerprint density at radius 1 is 1.07 bits per heavy atom. The number of likely N-dealkylation sites (tertiary alicyclic amines) is 1. The van der Waals surface area contributed by atoms with Crippen molar-refractivity contribution in [1.82, 2.24) is 19.7 Å². The van der Waals surface area contributed by atoms with Crippen LogP contribution in [0.25, 0.3) is 10.9 Å². The molecule has 1 aromatic heterocycles. The summed E-state index contributed by atoms with van der Waals surface area (Å²) in [5, 5.41) is 0.886. The SMILES string of the molecule is CCO[C@H]1Cc2cc(C(F)(F)F)ccc2[C@H]1N1CCN(C2(C)CCN(C(=O)c3cccc4ncccc34)CC2)C[C@@H]1C. The van der Waals surface area contributed by atoms with Gasteiger partial charge in [-0.1, -0.05) is 18.2 Å². The van der Waals surface area contributed by atoms with Crippen molar-refractivity contribution in [2.75, 3.05) is 39.3 Å². The molecule has 3 aliphatic rings. The maximum absolute atomic E-state index is 13.5. The molecule has 2 fully saturated rings. The highest BCUT2D eigenvalue weighted by Gasteiger charge is 2.45. The third-order valence-electron chi connectivity index (χ3n) is 9.75. The van der Waals surface area contributed by atoms with E-state index in [-0.39, 0.29) is 29.6 Å². The van der Waals surface area contributed by atoms with E-state index >= 15 is 0 Å². The van der Waals surface area contributed by atoms with Gasteiger partial charge in [0.2, 0.25) is 0 Å². The van der Waals surface area contributed by atoms with Crippen LogP contribution in [-0.2, 0) is 17.3 Å². The summed E-state index contributed by atoms with van der Waals surface area (Å²) in [4.78, 5) is 24.9. The third-order valence-corrected chi connectivity index (χ3v) is 9.75. The topological polar surface area (TPSA) is 48.9 Å². The lowest BCUT2D eigenvalue weighted by Crippen LogP contribution is -2.62. The van der Waals surface area contributed by atoms with E-state index in [1.54, 1.807) is 12.3 Å². The first-order valence-electron chi connectivity index (χ1n) is 15.0. The summed E-state index contributed by atoms with van der Waals surface area (Å²) in [6.45, 7) is 10.9. The van der Waals surface area contributed by atoms with Gasteiger partial charge in [-0.25, -0.2) is 0 Å². The monoisotopic (exact) mass is 580 g/mol. The van der Waals surface area contributed by atoms with Crippen LogP contribution in [0.15, 0.2) is 54.7 Å². The van der Waals surface area contributed by atoms with Crippen LogP contribution >= 0.6 is 0 Å². The maximum atomic E-state index is 13.5. The van der Waals surface area contributed by atoms with Gasteiger partial charge >= 0.3 is 6.18 Å². The molecular formula is C33H39F3N4O2. The smallest absolute Gasteiger partial charge is 0.376 e. The number of alkyl halides is 3. The Morgan fingerprint density at radius 2 is 1.86 bits per heavy atom. The number of carbonyl (C=O) groups excluding carboxylic acids is 1. The standard InChI is InChI=1S/C33H39F3N4O2/c1-4-42-29-20-23-19-24(33(34,35)36)10-11-25(23)30(29)40-18-17-39(21-22(40)2)32(3)12-15-38(16-13-32)31(41)27-7-5-9-28-26(27)8-6-14-37-28/h5-11,14,19,22,29-30H,4,12-13,15-18,20-21H2,1-3H3/t22-,29-,30+/m0/s1. The molecule has 3 atom stereocenters. The Kier molecular flexibility index (Phi) is 7.79. The van der Waals surface area contributed by atoms with Gasteiger partial charge in [0.05, 0.1) is 23.2 Å². The number of carbonyl (C=O) groups is 1. The number of pyridine rings is 1. The molecule has 0 N–H and O–H groups in total. The number of benzene rings is 2. The van der Waals surface area contributed by atoms with Crippen LogP contribution in [0.2, 0.25) is 0 Å². The van der Waals surface area contributed by atoms with Gasteiger partial charge in [-0.05, 0) is 75.1 Å². The number of fused-ring (bicyclic) bond motifs is 2. The minimum atomic E-state index is -4.35. The number of halogens is 3. The van der Waals surface area contributed by atoms with E-state index in [9.17, 15) is 18.0 Å². The first-order chi connectivity index (χ1) is 20.1. The highest BCUT2D eigenvalue weighted by Crippen LogP contribution is 2.43. The summed E-state index contributed by atoms with van der Waals surface area (Å²) in [6.07, 6.45) is -0.481. The number of hydrogen-bond donors (Lipinski definition) is 0. The molecule has 224 valence electrons. The first kappa shape index (κ1) is 29.1. The molecule has 0 unspecified atom stereocenters. The fourth-order valence-electron chi connectivity index (χ4n) is 7.38. The predicted octanol–water partition coefficient (Wildman–Crippen LogP) is 5.96. The minimum Gasteiger partial charge on any atom is -0.376 e. The van der Waals surface area contributed by atoms with Crippen LogP contribution in [0, 0.1) is 0 Å². The Bertz CT molecular complexity index is 1450. The zero-order valence-electron chi connectivity index (χ0n) is 24.5. The molecule has 0 saturated carbocycles. The minimum absolute atomic E-state index is 0.0219. The van der Waals surface area contributed by atoms with Crippen LogP contribution in [0.5, 0.6) is 0 Å². The number of nitrogens with zero attached hydrogens (tertiary/aromatic N) is 4. The molecular weight excluding hydrogens is 541 g/mol. The molecule has 2 aromatic carbocycles. The summed E-state index contributed by atoms with van der Waals surface area (Å²) in [5.41, 5.74) is 2.62. The van der Waals surface area contributed by atoms with Crippen LogP contribution in [0.4, 0.5) is 13.2 Å². The molecule has 3 aromatic rings. The molecule has 0 spiro atoms. The Balaban J connectivity index is 1.13. The Hall–Kier alpha value is -3.01. The number of hydrogen-bond acceptors (Lipinski definition) is 5. The normalized spacial score (nSPS) is 25.1. The first-order valence-corrected chi connectivity index (χ1v) is 15.0. The molecule has 0 radical (unpaired) electrons. The summed E-state index contributed by atoms with van der Waals surface area (Å²) in [6, 6.07) is 13.9. The molecule has 6 rings (SSSR count). The zero-order valence-corrected chi connectivity index (χ0v) is 24.5. The molecule has 42 heavy (non-hydrogen) atoms. The summed E-state index contributed by atoms with van der Waals surface area (Å²) >= 11 is 0. The van der Waals surface area contributed by atoms with E-state index in [0.717, 1.165) is 54.5 Å². The summed E-state index contributed by atoms with van der Waals surface area (Å²) < 4.78 is 46.4. The van der Waals surface area contributed by atoms with Gasteiger partial charge < -0.3 is 9.64 Å². The van der Waals surface area contributed by atoms with E-state index in [1.807, 2.05) is 42.2 Å². The van der Waals surface area contributed by atoms with Crippen molar-refractivity contribution < 1.29 is 22.7 Å². The van der Waals surface area contributed by atoms with Gasteiger partial charge in [-0.2, -0.15) is 13.2 Å². The average Bonchev–Trinajstić information content (AvgIpc) is 3.33. The molecule has 2 saturated heterocycles. The van der Waals surface area contributed by atoms with Gasteiger partial charge in [0.15, 0.2) is 0 Å². The number of piperazine rings is 1. The molecule has 3 heterocycles. The lowest BCUT2D eigenvalue weighted by atomic mass is 9.86. The van der Waals surface area contributed by atoms with Gasteiger partial charge in [0, 0.05) is 74.5 Å². The van der Waals surface area contributed by atoms with Gasteiger partial charge in [-0.15, -0.1) is 0 Å². The summed E-state index contributed by atoms with van der Waals surface area (Å²) in [5.74, 6) is 0.0596. The third kappa shape index (κ3) is 5.31. The fourth-order valence-corrected chi connectivity index (χ4v) is 7.38. The predicted molar refractivity (Wildman–Crippen MR) is 156 cm³/mol. The fraction of sp³-hybridized carbons (Fsp3) is 0.515. The Labute approximate surface area is 245 Å². The lowest BCUT2D eigenvalue weighted by molar-refractivity contribution is -0.137. The van der Waals surface area contributed by atoms with E-state index < -0.39 is 11.7 Å². The second-order valence-corrected chi connectivity index (χ2v) is 12.3. The highest BCUT2D eigenvalue weighted by molar-refractivity contribution is 6.06. The van der Waals surface area contributed by atoms with Crippen molar-refractivity contribution in [3.05, 3.63) is 77.0 Å². The molecule has 6 nitrogen and oxygen atoms in total. The molecule has 1 aliphatic carbocycles. The number of aromatic nitrogens is 1. The van der Waals surface area contributed by atoms with Crippen molar-refractivity contribution >= 4 is 16.8 Å². The Morgan fingerprint density at radius 3 is 2.57 bits per heavy atom. The van der Waals surface area contributed by atoms with Gasteiger partial charge in [-0.3, -0.25) is 19.6 Å². The van der Waals surface area contributed by atoms with Crippen LogP contribution in [-0.4, -0.2) is 82.6 Å². The van der Waals surface area contributed by atoms with Crippen LogP contribution < -0.4 is 0 Å². The lowest BCUT2D eigenvalue weighted by Gasteiger charge is -2.53. The van der Waals surface area contributed by atoms with Crippen molar-refractivity contribution in [2.45, 2.75) is 69.9 Å². The largest absolute Gasteiger partial charge is 0.416 e. The number of piperidine rings is 1. The quantitative estimate of drug-likeness (QED) is 0.373. The van der Waals surface area contributed by atoms with Gasteiger partial charge in [0.25, 0.3) is 5.91 Å². The van der Waals surface area contributed by atoms with Crippen molar-refractivity contribution in [2.24, 2.45) is 0 Å². The van der Waals surface area contributed by atoms with Crippen molar-refractivity contribution in [1.29, 1.82) is 0 Å². The molecule has 0 bridgehead atoms. The van der Waals surface area contributed by atoms with E-state index in [0.29, 0.717) is 31.7 Å².